The Bertz CT molecular complexity index is 890. The second kappa shape index (κ2) is 6.46. The zero-order chi connectivity index (χ0) is 18.0. The van der Waals surface area contributed by atoms with Crippen LogP contribution in [-0.4, -0.2) is 26.0 Å². The van der Waals surface area contributed by atoms with Crippen molar-refractivity contribution in [3.05, 3.63) is 65.7 Å². The highest BCUT2D eigenvalue weighted by Crippen LogP contribution is 2.31. The van der Waals surface area contributed by atoms with Crippen LogP contribution in [0.25, 0.3) is 11.4 Å². The SMILES string of the molecule is CC(C(=O)c1ccccc1)n1nnc(-c2cccc(C(F)(F)F)c2)n1. The summed E-state index contributed by atoms with van der Waals surface area (Å²) >= 11 is 0. The molecule has 1 atom stereocenters. The van der Waals surface area contributed by atoms with Crippen LogP contribution in [0.3, 0.4) is 0 Å². The molecule has 0 saturated heterocycles. The molecular weight excluding hydrogens is 333 g/mol. The number of carbonyl (C=O) groups is 1. The number of hydrogen-bond donors (Lipinski definition) is 0. The molecule has 8 heteroatoms. The van der Waals surface area contributed by atoms with E-state index in [4.69, 9.17) is 0 Å². The predicted molar refractivity (Wildman–Crippen MR) is 83.7 cm³/mol. The van der Waals surface area contributed by atoms with Gasteiger partial charge in [0.15, 0.2) is 5.78 Å². The van der Waals surface area contributed by atoms with E-state index in [1.165, 1.54) is 12.1 Å². The number of hydrogen-bond acceptors (Lipinski definition) is 4. The minimum atomic E-state index is -4.46. The van der Waals surface area contributed by atoms with E-state index in [2.05, 4.69) is 15.4 Å². The van der Waals surface area contributed by atoms with Crippen molar-refractivity contribution in [3.63, 3.8) is 0 Å². The third kappa shape index (κ3) is 3.57. The average Bonchev–Trinajstić information content (AvgIpc) is 3.11. The van der Waals surface area contributed by atoms with E-state index < -0.39 is 17.8 Å². The maximum Gasteiger partial charge on any atom is 0.416 e. The fourth-order valence-electron chi connectivity index (χ4n) is 2.29. The summed E-state index contributed by atoms with van der Waals surface area (Å²) in [6, 6.07) is 12.5. The number of benzene rings is 2. The molecule has 1 heterocycles. The van der Waals surface area contributed by atoms with Gasteiger partial charge in [0.25, 0.3) is 0 Å². The van der Waals surface area contributed by atoms with Gasteiger partial charge in [-0.1, -0.05) is 42.5 Å². The van der Waals surface area contributed by atoms with Crippen molar-refractivity contribution in [1.82, 2.24) is 20.2 Å². The van der Waals surface area contributed by atoms with Gasteiger partial charge in [0.2, 0.25) is 5.82 Å². The highest BCUT2D eigenvalue weighted by molar-refractivity contribution is 5.98. The number of ketones is 1. The van der Waals surface area contributed by atoms with Gasteiger partial charge in [-0.15, -0.1) is 10.2 Å². The Kier molecular flexibility index (Phi) is 4.35. The van der Waals surface area contributed by atoms with Crippen molar-refractivity contribution >= 4 is 5.78 Å². The highest BCUT2D eigenvalue weighted by Gasteiger charge is 2.31. The van der Waals surface area contributed by atoms with E-state index in [1.807, 2.05) is 0 Å². The van der Waals surface area contributed by atoms with Crippen LogP contribution in [0.4, 0.5) is 13.2 Å². The number of tetrazole rings is 1. The first-order chi connectivity index (χ1) is 11.9. The molecule has 0 spiro atoms. The fraction of sp³-hybridized carbons (Fsp3) is 0.176. The average molecular weight is 346 g/mol. The first-order valence-corrected chi connectivity index (χ1v) is 7.42. The third-order valence-electron chi connectivity index (χ3n) is 3.66. The zero-order valence-electron chi connectivity index (χ0n) is 13.1. The van der Waals surface area contributed by atoms with Crippen LogP contribution in [0.1, 0.15) is 28.9 Å². The largest absolute Gasteiger partial charge is 0.416 e. The Morgan fingerprint density at radius 3 is 2.48 bits per heavy atom. The summed E-state index contributed by atoms with van der Waals surface area (Å²) in [4.78, 5) is 13.5. The lowest BCUT2D eigenvalue weighted by atomic mass is 10.1. The summed E-state index contributed by atoms with van der Waals surface area (Å²) < 4.78 is 38.4. The van der Waals surface area contributed by atoms with Crippen LogP contribution < -0.4 is 0 Å². The molecule has 0 amide bonds. The lowest BCUT2D eigenvalue weighted by Crippen LogP contribution is -2.19. The fourth-order valence-corrected chi connectivity index (χ4v) is 2.29. The summed E-state index contributed by atoms with van der Waals surface area (Å²) in [5, 5.41) is 11.6. The second-order valence-corrected chi connectivity index (χ2v) is 5.42. The first-order valence-electron chi connectivity index (χ1n) is 7.42. The molecule has 0 saturated carbocycles. The van der Waals surface area contributed by atoms with Crippen molar-refractivity contribution in [2.75, 3.05) is 0 Å². The number of rotatable bonds is 4. The Balaban J connectivity index is 1.87. The standard InChI is InChI=1S/C17H13F3N4O/c1-11(15(25)12-6-3-2-4-7-12)24-22-16(21-23-24)13-8-5-9-14(10-13)17(18,19)20/h2-11H,1H3. The topological polar surface area (TPSA) is 60.7 Å². The van der Waals surface area contributed by atoms with Gasteiger partial charge < -0.3 is 0 Å². The van der Waals surface area contributed by atoms with Crippen molar-refractivity contribution < 1.29 is 18.0 Å². The lowest BCUT2D eigenvalue weighted by molar-refractivity contribution is -0.137. The van der Waals surface area contributed by atoms with E-state index in [0.717, 1.165) is 16.9 Å². The van der Waals surface area contributed by atoms with Crippen LogP contribution in [0.2, 0.25) is 0 Å². The van der Waals surface area contributed by atoms with Crippen LogP contribution in [-0.2, 0) is 6.18 Å². The number of halogens is 3. The van der Waals surface area contributed by atoms with Crippen LogP contribution in [0, 0.1) is 0 Å². The third-order valence-corrected chi connectivity index (χ3v) is 3.66. The summed E-state index contributed by atoms with van der Waals surface area (Å²) in [6.07, 6.45) is -4.46. The molecule has 0 aliphatic heterocycles. The molecule has 1 unspecified atom stereocenters. The van der Waals surface area contributed by atoms with Crippen molar-refractivity contribution in [1.29, 1.82) is 0 Å². The Morgan fingerprint density at radius 2 is 1.80 bits per heavy atom. The van der Waals surface area contributed by atoms with E-state index in [9.17, 15) is 18.0 Å². The number of Topliss-reactive ketones (excluding diaryl/α,β-unsaturated/α-hetero) is 1. The molecule has 0 N–H and O–H groups in total. The molecule has 128 valence electrons. The van der Waals surface area contributed by atoms with Gasteiger partial charge in [-0.05, 0) is 24.3 Å². The highest BCUT2D eigenvalue weighted by atomic mass is 19.4. The first kappa shape index (κ1) is 16.8. The summed E-state index contributed by atoms with van der Waals surface area (Å²) in [5.74, 6) is -0.188. The number of aromatic nitrogens is 4. The van der Waals surface area contributed by atoms with Gasteiger partial charge in [-0.25, -0.2) is 0 Å². The maximum absolute atomic E-state index is 12.8. The van der Waals surface area contributed by atoms with Crippen LogP contribution in [0.5, 0.6) is 0 Å². The van der Waals surface area contributed by atoms with E-state index >= 15 is 0 Å². The minimum absolute atomic E-state index is 0.0267. The Morgan fingerprint density at radius 1 is 1.08 bits per heavy atom. The van der Waals surface area contributed by atoms with E-state index in [-0.39, 0.29) is 17.2 Å². The van der Waals surface area contributed by atoms with Crippen molar-refractivity contribution in [2.45, 2.75) is 19.1 Å². The monoisotopic (exact) mass is 346 g/mol. The number of alkyl halides is 3. The molecule has 0 bridgehead atoms. The molecule has 2 aromatic carbocycles. The van der Waals surface area contributed by atoms with E-state index in [0.29, 0.717) is 5.56 Å². The Labute approximate surface area is 141 Å². The normalized spacial score (nSPS) is 12.8. The summed E-state index contributed by atoms with van der Waals surface area (Å²) in [6.45, 7) is 1.60. The van der Waals surface area contributed by atoms with Crippen LogP contribution in [0.15, 0.2) is 54.6 Å². The molecule has 3 rings (SSSR count). The van der Waals surface area contributed by atoms with Gasteiger partial charge in [0, 0.05) is 11.1 Å². The minimum Gasteiger partial charge on any atom is -0.292 e. The van der Waals surface area contributed by atoms with Gasteiger partial charge >= 0.3 is 6.18 Å². The van der Waals surface area contributed by atoms with Gasteiger partial charge in [0.05, 0.1) is 5.56 Å². The quantitative estimate of drug-likeness (QED) is 0.674. The lowest BCUT2D eigenvalue weighted by Gasteiger charge is -2.08. The van der Waals surface area contributed by atoms with Gasteiger partial charge in [-0.2, -0.15) is 18.0 Å². The Hall–Kier alpha value is -3.03. The number of carbonyl (C=O) groups excluding carboxylic acids is 1. The molecule has 5 nitrogen and oxygen atoms in total. The maximum atomic E-state index is 12.8. The molecule has 0 fully saturated rings. The van der Waals surface area contributed by atoms with Crippen molar-refractivity contribution in [2.24, 2.45) is 0 Å². The molecule has 3 aromatic rings. The summed E-state index contributed by atoms with van der Waals surface area (Å²) in [5.41, 5.74) is -0.122. The molecule has 0 aliphatic rings. The zero-order valence-corrected chi connectivity index (χ0v) is 13.1. The van der Waals surface area contributed by atoms with Crippen molar-refractivity contribution in [3.8, 4) is 11.4 Å². The smallest absolute Gasteiger partial charge is 0.292 e. The molecule has 0 aliphatic carbocycles. The van der Waals surface area contributed by atoms with Gasteiger partial charge in [-0.3, -0.25) is 4.79 Å². The van der Waals surface area contributed by atoms with E-state index in [1.54, 1.807) is 37.3 Å². The number of nitrogens with zero attached hydrogens (tertiary/aromatic N) is 4. The summed E-state index contributed by atoms with van der Waals surface area (Å²) in [7, 11) is 0. The molecular formula is C17H13F3N4O. The second-order valence-electron chi connectivity index (χ2n) is 5.42. The molecule has 25 heavy (non-hydrogen) atoms. The molecule has 1 aromatic heterocycles. The van der Waals surface area contributed by atoms with Gasteiger partial charge in [0.1, 0.15) is 6.04 Å². The molecule has 0 radical (unpaired) electrons. The van der Waals surface area contributed by atoms with Crippen LogP contribution >= 0.6 is 0 Å². The predicted octanol–water partition coefficient (Wildman–Crippen LogP) is 3.80.